The number of aryl methyl sites for hydroxylation is 1. The van der Waals surface area contributed by atoms with Gasteiger partial charge in [0.1, 0.15) is 5.76 Å². The summed E-state index contributed by atoms with van der Waals surface area (Å²) in [5, 5.41) is 7.14. The van der Waals surface area contributed by atoms with Gasteiger partial charge in [-0.25, -0.2) is 0 Å². The number of carbonyl (C=O) groups excluding carboxylic acids is 1. The van der Waals surface area contributed by atoms with Crippen LogP contribution in [0.15, 0.2) is 40.9 Å². The molecule has 0 unspecified atom stereocenters. The van der Waals surface area contributed by atoms with E-state index in [0.29, 0.717) is 42.9 Å². The maximum atomic E-state index is 12.5. The highest BCUT2D eigenvalue weighted by Crippen LogP contribution is 2.55. The van der Waals surface area contributed by atoms with Crippen molar-refractivity contribution in [3.63, 3.8) is 0 Å². The van der Waals surface area contributed by atoms with Crippen LogP contribution < -0.4 is 10.1 Å². The monoisotopic (exact) mass is 354 g/mol. The van der Waals surface area contributed by atoms with Gasteiger partial charge < -0.3 is 14.6 Å². The Morgan fingerprint density at radius 2 is 2.08 bits per heavy atom. The van der Waals surface area contributed by atoms with Gasteiger partial charge in [-0.05, 0) is 42.3 Å². The zero-order valence-corrected chi connectivity index (χ0v) is 15.2. The van der Waals surface area contributed by atoms with Crippen molar-refractivity contribution in [2.24, 2.45) is 11.8 Å². The molecule has 138 valence electrons. The molecule has 0 radical (unpaired) electrons. The maximum absolute atomic E-state index is 12.5. The zero-order chi connectivity index (χ0) is 17.9. The summed E-state index contributed by atoms with van der Waals surface area (Å²) >= 11 is 0. The summed E-state index contributed by atoms with van der Waals surface area (Å²) in [5.41, 5.74) is 1.36. The minimum atomic E-state index is 0.0932. The van der Waals surface area contributed by atoms with E-state index in [0.717, 1.165) is 5.92 Å². The molecule has 1 aromatic carbocycles. The molecule has 1 aromatic heterocycles. The van der Waals surface area contributed by atoms with Crippen LogP contribution in [0.1, 0.15) is 49.8 Å². The number of fused-ring (bicyclic) bond motifs is 1. The van der Waals surface area contributed by atoms with Crippen molar-refractivity contribution in [2.45, 2.75) is 51.0 Å². The normalized spacial score (nSPS) is 26.8. The molecule has 26 heavy (non-hydrogen) atoms. The quantitative estimate of drug-likeness (QED) is 0.823. The Kier molecular flexibility index (Phi) is 4.96. The first-order chi connectivity index (χ1) is 12.8. The van der Waals surface area contributed by atoms with Crippen LogP contribution in [0, 0.1) is 11.8 Å². The first-order valence-corrected chi connectivity index (χ1v) is 9.69. The van der Waals surface area contributed by atoms with Crippen LogP contribution in [0.5, 0.6) is 5.88 Å². The van der Waals surface area contributed by atoms with Crippen LogP contribution in [0.25, 0.3) is 0 Å². The van der Waals surface area contributed by atoms with Crippen molar-refractivity contribution in [3.05, 3.63) is 47.7 Å². The highest BCUT2D eigenvalue weighted by molar-refractivity contribution is 5.76. The van der Waals surface area contributed by atoms with E-state index >= 15 is 0 Å². The van der Waals surface area contributed by atoms with Gasteiger partial charge in [-0.2, -0.15) is 0 Å². The molecule has 5 heteroatoms. The Hall–Kier alpha value is -2.30. The molecule has 2 aliphatic carbocycles. The number of hydrogen-bond donors (Lipinski definition) is 1. The molecule has 2 aromatic rings. The molecule has 0 bridgehead atoms. The van der Waals surface area contributed by atoms with Crippen LogP contribution in [0.3, 0.4) is 0 Å². The minimum absolute atomic E-state index is 0.0932. The number of nitrogens with one attached hydrogen (secondary N) is 1. The second-order valence-corrected chi connectivity index (χ2v) is 7.35. The SMILES string of the molecule is CCOc1cc(CCC(=O)N[C@@H]2[C@@H]3CCC[C@@H]3[C@H]2c2ccccc2)on1. The number of hydrogen-bond acceptors (Lipinski definition) is 4. The van der Waals surface area contributed by atoms with Gasteiger partial charge in [-0.15, -0.1) is 0 Å². The van der Waals surface area contributed by atoms with E-state index in [1.54, 1.807) is 6.07 Å². The lowest BCUT2D eigenvalue weighted by Gasteiger charge is -2.49. The summed E-state index contributed by atoms with van der Waals surface area (Å²) < 4.78 is 10.5. The Balaban J connectivity index is 1.35. The van der Waals surface area contributed by atoms with Crippen LogP contribution in [-0.4, -0.2) is 23.7 Å². The third kappa shape index (κ3) is 3.35. The van der Waals surface area contributed by atoms with Crippen molar-refractivity contribution in [3.8, 4) is 5.88 Å². The van der Waals surface area contributed by atoms with Crippen molar-refractivity contribution < 1.29 is 14.1 Å². The highest BCUT2D eigenvalue weighted by atomic mass is 16.5. The second kappa shape index (κ2) is 7.52. The summed E-state index contributed by atoms with van der Waals surface area (Å²) in [7, 11) is 0. The molecule has 1 N–H and O–H groups in total. The van der Waals surface area contributed by atoms with Gasteiger partial charge in [-0.1, -0.05) is 36.8 Å². The average molecular weight is 354 g/mol. The first kappa shape index (κ1) is 17.1. The smallest absolute Gasteiger partial charge is 0.254 e. The fraction of sp³-hybridized carbons (Fsp3) is 0.524. The Morgan fingerprint density at radius 3 is 2.88 bits per heavy atom. The summed E-state index contributed by atoms with van der Waals surface area (Å²) in [5.74, 6) is 3.10. The van der Waals surface area contributed by atoms with Gasteiger partial charge in [-0.3, -0.25) is 4.79 Å². The number of ether oxygens (including phenoxy) is 1. The fourth-order valence-electron chi connectivity index (χ4n) is 4.75. The summed E-state index contributed by atoms with van der Waals surface area (Å²) in [6.45, 7) is 2.46. The third-order valence-corrected chi connectivity index (χ3v) is 5.87. The molecule has 1 amide bonds. The molecule has 5 nitrogen and oxygen atoms in total. The van der Waals surface area contributed by atoms with Crippen molar-refractivity contribution in [1.82, 2.24) is 10.5 Å². The predicted molar refractivity (Wildman–Crippen MR) is 97.9 cm³/mol. The Morgan fingerprint density at radius 1 is 1.27 bits per heavy atom. The predicted octanol–water partition coefficient (Wildman–Crippen LogP) is 3.70. The van der Waals surface area contributed by atoms with Crippen molar-refractivity contribution in [1.29, 1.82) is 0 Å². The number of benzene rings is 1. The molecular formula is C21H26N2O3. The number of nitrogens with zero attached hydrogens (tertiary/aromatic N) is 1. The standard InChI is InChI=1S/C21H26N2O3/c1-2-25-19-13-15(26-23-19)11-12-18(24)22-21-17-10-6-9-16(17)20(21)14-7-4-3-5-8-14/h3-5,7-8,13,16-17,20-21H,2,6,9-12H2,1H3,(H,22,24)/t16-,17+,20+,21+/m0/s1. The molecule has 4 rings (SSSR count). The van der Waals surface area contributed by atoms with Gasteiger partial charge >= 0.3 is 0 Å². The topological polar surface area (TPSA) is 64.4 Å². The molecule has 1 heterocycles. The van der Waals surface area contributed by atoms with Crippen LogP contribution in [0.4, 0.5) is 0 Å². The van der Waals surface area contributed by atoms with Crippen molar-refractivity contribution in [2.75, 3.05) is 6.61 Å². The lowest BCUT2D eigenvalue weighted by Crippen LogP contribution is -2.56. The maximum Gasteiger partial charge on any atom is 0.254 e. The largest absolute Gasteiger partial charge is 0.476 e. The van der Waals surface area contributed by atoms with Gasteiger partial charge in [0.2, 0.25) is 5.91 Å². The molecular weight excluding hydrogens is 328 g/mol. The summed E-state index contributed by atoms with van der Waals surface area (Å²) in [6, 6.07) is 12.7. The first-order valence-electron chi connectivity index (χ1n) is 9.69. The Bertz CT molecular complexity index is 743. The number of carbonyl (C=O) groups is 1. The minimum Gasteiger partial charge on any atom is -0.476 e. The lowest BCUT2D eigenvalue weighted by molar-refractivity contribution is -0.124. The van der Waals surface area contributed by atoms with Gasteiger partial charge in [0.25, 0.3) is 5.88 Å². The number of aromatic nitrogens is 1. The van der Waals surface area contributed by atoms with E-state index in [1.165, 1.54) is 24.8 Å². The van der Waals surface area contributed by atoms with Gasteiger partial charge in [0, 0.05) is 30.9 Å². The van der Waals surface area contributed by atoms with Crippen LogP contribution in [0.2, 0.25) is 0 Å². The molecule has 0 spiro atoms. The van der Waals surface area contributed by atoms with E-state index in [2.05, 4.69) is 40.8 Å². The van der Waals surface area contributed by atoms with Crippen LogP contribution in [-0.2, 0) is 11.2 Å². The van der Waals surface area contributed by atoms with E-state index in [9.17, 15) is 4.79 Å². The zero-order valence-electron chi connectivity index (χ0n) is 15.2. The van der Waals surface area contributed by atoms with E-state index < -0.39 is 0 Å². The van der Waals surface area contributed by atoms with E-state index in [1.807, 2.05) is 6.92 Å². The number of amides is 1. The van der Waals surface area contributed by atoms with E-state index in [4.69, 9.17) is 9.26 Å². The van der Waals surface area contributed by atoms with Gasteiger partial charge in [0.05, 0.1) is 6.61 Å². The Labute approximate surface area is 154 Å². The summed E-state index contributed by atoms with van der Waals surface area (Å²) in [4.78, 5) is 12.5. The fourth-order valence-corrected chi connectivity index (χ4v) is 4.75. The molecule has 0 aliphatic heterocycles. The second-order valence-electron chi connectivity index (χ2n) is 7.35. The summed E-state index contributed by atoms with van der Waals surface area (Å²) in [6.07, 6.45) is 4.76. The molecule has 2 fully saturated rings. The highest BCUT2D eigenvalue weighted by Gasteiger charge is 2.53. The molecule has 4 atom stereocenters. The third-order valence-electron chi connectivity index (χ3n) is 5.87. The van der Waals surface area contributed by atoms with E-state index in [-0.39, 0.29) is 11.9 Å². The average Bonchev–Trinajstić information content (AvgIpc) is 3.27. The van der Waals surface area contributed by atoms with Crippen molar-refractivity contribution >= 4 is 5.91 Å². The number of rotatable bonds is 7. The molecule has 2 saturated carbocycles. The van der Waals surface area contributed by atoms with Crippen LogP contribution >= 0.6 is 0 Å². The lowest BCUT2D eigenvalue weighted by atomic mass is 9.60. The van der Waals surface area contributed by atoms with Gasteiger partial charge in [0.15, 0.2) is 0 Å². The molecule has 0 saturated heterocycles. The molecule has 2 aliphatic rings.